The first-order chi connectivity index (χ1) is 7.90. The van der Waals surface area contributed by atoms with Crippen molar-refractivity contribution in [2.75, 3.05) is 6.61 Å². The monoisotopic (exact) mass is 236 g/mol. The molecule has 1 aliphatic heterocycles. The van der Waals surface area contributed by atoms with Gasteiger partial charge in [0.1, 0.15) is 0 Å². The first-order valence-corrected chi connectivity index (χ1v) is 5.84. The number of allylic oxidation sites excluding steroid dienone is 3. The molecule has 1 saturated heterocycles. The van der Waals surface area contributed by atoms with Gasteiger partial charge < -0.3 is 14.4 Å². The number of rotatable bonds is 4. The van der Waals surface area contributed by atoms with Crippen molar-refractivity contribution in [1.82, 2.24) is 0 Å². The van der Waals surface area contributed by atoms with Crippen molar-refractivity contribution in [3.05, 3.63) is 35.9 Å². The Morgan fingerprint density at radius 3 is 2.53 bits per heavy atom. The largest absolute Gasteiger partial charge is 0.490 e. The van der Waals surface area contributed by atoms with Crippen molar-refractivity contribution in [3.8, 4) is 0 Å². The third-order valence-corrected chi connectivity index (χ3v) is 3.09. The molecular weight excluding hydrogens is 215 g/mol. The fourth-order valence-corrected chi connectivity index (χ4v) is 1.45. The van der Waals surface area contributed by atoms with Crippen LogP contribution in [-0.2, 0) is 9.31 Å². The van der Waals surface area contributed by atoms with Crippen molar-refractivity contribution in [3.63, 3.8) is 0 Å². The molecule has 0 radical (unpaired) electrons. The Morgan fingerprint density at radius 2 is 2.12 bits per heavy atom. The van der Waals surface area contributed by atoms with Gasteiger partial charge in [0.25, 0.3) is 0 Å². The van der Waals surface area contributed by atoms with Gasteiger partial charge in [0.05, 0.1) is 18.3 Å². The molecule has 1 N–H and O–H groups in total. The molecule has 1 fully saturated rings. The van der Waals surface area contributed by atoms with Gasteiger partial charge >= 0.3 is 7.12 Å². The molecule has 4 heteroatoms. The van der Waals surface area contributed by atoms with Gasteiger partial charge in [-0.05, 0) is 38.7 Å². The molecule has 17 heavy (non-hydrogen) atoms. The van der Waals surface area contributed by atoms with Gasteiger partial charge in [-0.2, -0.15) is 0 Å². The van der Waals surface area contributed by atoms with Gasteiger partial charge in [0, 0.05) is 0 Å². The first-order valence-electron chi connectivity index (χ1n) is 5.84. The van der Waals surface area contributed by atoms with E-state index in [-0.39, 0.29) is 25.4 Å². The zero-order chi connectivity index (χ0) is 13.1. The maximum absolute atomic E-state index is 9.00. The van der Waals surface area contributed by atoms with Gasteiger partial charge in [0.15, 0.2) is 0 Å². The number of aliphatic hydroxyl groups is 1. The molecule has 1 atom stereocenters. The zero-order valence-corrected chi connectivity index (χ0v) is 11.1. The Bertz CT molecular complexity index is 345. The lowest BCUT2D eigenvalue weighted by molar-refractivity contribution is 0.0841. The van der Waals surface area contributed by atoms with Crippen LogP contribution in [0.3, 0.4) is 0 Å². The highest BCUT2D eigenvalue weighted by Gasteiger charge is 2.43. The van der Waals surface area contributed by atoms with Crippen LogP contribution < -0.4 is 0 Å². The van der Waals surface area contributed by atoms with Gasteiger partial charge in [-0.25, -0.2) is 0 Å². The van der Waals surface area contributed by atoms with E-state index in [2.05, 4.69) is 6.58 Å². The average molecular weight is 236 g/mol. The van der Waals surface area contributed by atoms with Crippen LogP contribution in [0.2, 0.25) is 0 Å². The molecule has 0 aromatic heterocycles. The third-order valence-electron chi connectivity index (χ3n) is 3.09. The predicted octanol–water partition coefficient (Wildman–Crippen LogP) is 2.28. The lowest BCUT2D eigenvalue weighted by Gasteiger charge is -2.21. The molecule has 94 valence electrons. The SMILES string of the molecule is C=C/C(=C\C=C(/C)B1O[C@H](C)C(C)(C)O1)CO. The summed E-state index contributed by atoms with van der Waals surface area (Å²) >= 11 is 0. The summed E-state index contributed by atoms with van der Waals surface area (Å²) in [7, 11) is -0.305. The molecule has 0 saturated carbocycles. The van der Waals surface area contributed by atoms with Crippen molar-refractivity contribution >= 4 is 7.12 Å². The van der Waals surface area contributed by atoms with E-state index in [9.17, 15) is 0 Å². The quantitative estimate of drug-likeness (QED) is 0.601. The second kappa shape index (κ2) is 5.67. The molecule has 1 heterocycles. The minimum atomic E-state index is -0.305. The van der Waals surface area contributed by atoms with E-state index in [0.717, 1.165) is 11.0 Å². The van der Waals surface area contributed by atoms with Crippen LogP contribution in [0.4, 0.5) is 0 Å². The highest BCUT2D eigenvalue weighted by atomic mass is 16.7. The minimum Gasteiger partial charge on any atom is -0.402 e. The summed E-state index contributed by atoms with van der Waals surface area (Å²) in [6, 6.07) is 0. The summed E-state index contributed by atoms with van der Waals surface area (Å²) in [4.78, 5) is 0. The van der Waals surface area contributed by atoms with E-state index >= 15 is 0 Å². The molecule has 0 aromatic carbocycles. The van der Waals surface area contributed by atoms with E-state index in [1.54, 1.807) is 6.08 Å². The standard InChI is InChI=1S/C13H21BO3/c1-6-12(9-15)8-7-10(2)14-16-11(3)13(4,5)17-14/h6-8,11,15H,1,9H2,2-5H3/b10-7+,12-8+/t11-/m1/s1. The second-order valence-corrected chi connectivity index (χ2v) is 4.85. The number of aliphatic hydroxyl groups excluding tert-OH is 1. The van der Waals surface area contributed by atoms with Crippen molar-refractivity contribution < 1.29 is 14.4 Å². The lowest BCUT2D eigenvalue weighted by atomic mass is 9.79. The van der Waals surface area contributed by atoms with Gasteiger partial charge in [-0.3, -0.25) is 0 Å². The van der Waals surface area contributed by atoms with Gasteiger partial charge in [-0.1, -0.05) is 24.8 Å². The second-order valence-electron chi connectivity index (χ2n) is 4.85. The van der Waals surface area contributed by atoms with Crippen LogP contribution in [-0.4, -0.2) is 30.5 Å². The Labute approximate surface area is 104 Å². The molecule has 0 aromatic rings. The summed E-state index contributed by atoms with van der Waals surface area (Å²) in [6.07, 6.45) is 5.42. The van der Waals surface area contributed by atoms with Crippen LogP contribution in [0.1, 0.15) is 27.7 Å². The summed E-state index contributed by atoms with van der Waals surface area (Å²) in [5.41, 5.74) is 1.49. The Balaban J connectivity index is 2.72. The molecule has 0 unspecified atom stereocenters. The van der Waals surface area contributed by atoms with Crippen molar-refractivity contribution in [1.29, 1.82) is 0 Å². The lowest BCUT2D eigenvalue weighted by Crippen LogP contribution is -2.30. The van der Waals surface area contributed by atoms with Crippen LogP contribution in [0.15, 0.2) is 35.9 Å². The van der Waals surface area contributed by atoms with Crippen LogP contribution in [0.5, 0.6) is 0 Å². The fourth-order valence-electron chi connectivity index (χ4n) is 1.45. The summed E-state index contributed by atoms with van der Waals surface area (Å²) in [5.74, 6) is 0. The maximum Gasteiger partial charge on any atom is 0.490 e. The minimum absolute atomic E-state index is 0.0123. The van der Waals surface area contributed by atoms with Crippen molar-refractivity contribution in [2.45, 2.75) is 39.4 Å². The third kappa shape index (κ3) is 3.56. The van der Waals surface area contributed by atoms with E-state index < -0.39 is 0 Å². The van der Waals surface area contributed by atoms with E-state index in [1.165, 1.54) is 0 Å². The molecule has 1 rings (SSSR count). The topological polar surface area (TPSA) is 38.7 Å². The Morgan fingerprint density at radius 1 is 1.47 bits per heavy atom. The van der Waals surface area contributed by atoms with Gasteiger partial charge in [0.2, 0.25) is 0 Å². The molecule has 0 spiro atoms. The molecule has 0 bridgehead atoms. The molecule has 1 aliphatic rings. The van der Waals surface area contributed by atoms with Crippen LogP contribution in [0, 0.1) is 0 Å². The smallest absolute Gasteiger partial charge is 0.402 e. The van der Waals surface area contributed by atoms with E-state index in [0.29, 0.717) is 0 Å². The molecule has 0 aliphatic carbocycles. The highest BCUT2D eigenvalue weighted by molar-refractivity contribution is 6.54. The number of hydrogen-bond donors (Lipinski definition) is 1. The predicted molar refractivity (Wildman–Crippen MR) is 70.6 cm³/mol. The highest BCUT2D eigenvalue weighted by Crippen LogP contribution is 2.29. The fraction of sp³-hybridized carbons (Fsp3) is 0.538. The van der Waals surface area contributed by atoms with Gasteiger partial charge in [-0.15, -0.1) is 0 Å². The van der Waals surface area contributed by atoms with Crippen molar-refractivity contribution in [2.24, 2.45) is 0 Å². The normalized spacial score (nSPS) is 25.2. The first kappa shape index (κ1) is 14.2. The van der Waals surface area contributed by atoms with Crippen LogP contribution in [0.25, 0.3) is 0 Å². The number of hydrogen-bond acceptors (Lipinski definition) is 3. The Kier molecular flexibility index (Phi) is 4.75. The molecular formula is C13H21BO3. The zero-order valence-electron chi connectivity index (χ0n) is 11.1. The summed E-state index contributed by atoms with van der Waals surface area (Å²) in [6.45, 7) is 11.6. The molecule has 3 nitrogen and oxygen atoms in total. The average Bonchev–Trinajstić information content (AvgIpc) is 2.55. The summed E-state index contributed by atoms with van der Waals surface area (Å²) < 4.78 is 11.5. The molecule has 0 amide bonds. The Hall–Kier alpha value is -0.835. The maximum atomic E-state index is 9.00. The van der Waals surface area contributed by atoms with Crippen LogP contribution >= 0.6 is 0 Å². The van der Waals surface area contributed by atoms with E-state index in [4.69, 9.17) is 14.4 Å². The van der Waals surface area contributed by atoms with E-state index in [1.807, 2.05) is 39.8 Å². The summed E-state index contributed by atoms with van der Waals surface area (Å²) in [5, 5.41) is 9.00.